The van der Waals surface area contributed by atoms with Gasteiger partial charge in [-0.3, -0.25) is 4.79 Å². The fourth-order valence-electron chi connectivity index (χ4n) is 1.56. The second kappa shape index (κ2) is 4.90. The first-order valence-electron chi connectivity index (χ1n) is 5.31. The minimum atomic E-state index is 0.317. The maximum Gasteiger partial charge on any atom is 0.172 e. The van der Waals surface area contributed by atoms with Crippen molar-refractivity contribution in [1.29, 1.82) is 0 Å². The molecule has 80 valence electrons. The molecule has 0 N–H and O–H groups in total. The molecule has 2 heterocycles. The first kappa shape index (κ1) is 10.8. The fourth-order valence-corrected chi connectivity index (χ4v) is 3.64. The molecule has 2 aromatic rings. The molecule has 2 rings (SSSR count). The van der Waals surface area contributed by atoms with Gasteiger partial charge in [0.1, 0.15) is 0 Å². The zero-order chi connectivity index (χ0) is 10.7. The molecule has 0 aliphatic carbocycles. The van der Waals surface area contributed by atoms with E-state index in [1.54, 1.807) is 22.7 Å². The van der Waals surface area contributed by atoms with Gasteiger partial charge in [-0.1, -0.05) is 19.8 Å². The van der Waals surface area contributed by atoms with Crippen LogP contribution in [0.15, 0.2) is 17.5 Å². The predicted molar refractivity (Wildman–Crippen MR) is 68.2 cm³/mol. The Balaban J connectivity index is 2.04. The van der Waals surface area contributed by atoms with Crippen LogP contribution in [-0.4, -0.2) is 5.78 Å². The Morgan fingerprint density at radius 1 is 1.33 bits per heavy atom. The summed E-state index contributed by atoms with van der Waals surface area (Å²) < 4.78 is 2.50. The third-order valence-electron chi connectivity index (χ3n) is 2.42. The fraction of sp³-hybridized carbons (Fsp3) is 0.417. The molecule has 0 aliphatic heterocycles. The third-order valence-corrected chi connectivity index (χ3v) is 4.56. The van der Waals surface area contributed by atoms with Crippen LogP contribution in [0, 0.1) is 0 Å². The van der Waals surface area contributed by atoms with Crippen LogP contribution in [0.3, 0.4) is 0 Å². The Morgan fingerprint density at radius 3 is 2.93 bits per heavy atom. The lowest BCUT2D eigenvalue weighted by molar-refractivity contribution is 0.0983. The second-order valence-corrected chi connectivity index (χ2v) is 5.67. The number of carbonyl (C=O) groups excluding carboxylic acids is 1. The summed E-state index contributed by atoms with van der Waals surface area (Å²) in [6.07, 6.45) is 4.07. The summed E-state index contributed by atoms with van der Waals surface area (Å²) in [5.41, 5.74) is 0. The topological polar surface area (TPSA) is 17.1 Å². The van der Waals surface area contributed by atoms with Crippen LogP contribution in [0.4, 0.5) is 0 Å². The number of hydrogen-bond acceptors (Lipinski definition) is 3. The van der Waals surface area contributed by atoms with Gasteiger partial charge in [-0.2, -0.15) is 0 Å². The summed E-state index contributed by atoms with van der Waals surface area (Å²) in [5, 5.41) is 2.08. The van der Waals surface area contributed by atoms with Crippen molar-refractivity contribution in [3.05, 3.63) is 22.4 Å². The number of unbranched alkanes of at least 4 members (excludes halogenated alkanes) is 2. The lowest BCUT2D eigenvalue weighted by atomic mass is 10.1. The van der Waals surface area contributed by atoms with Gasteiger partial charge in [0, 0.05) is 15.8 Å². The largest absolute Gasteiger partial charge is 0.293 e. The van der Waals surface area contributed by atoms with Crippen LogP contribution in [0.25, 0.3) is 9.40 Å². The van der Waals surface area contributed by atoms with Crippen molar-refractivity contribution in [2.75, 3.05) is 0 Å². The molecular weight excluding hydrogens is 224 g/mol. The first-order chi connectivity index (χ1) is 7.31. The van der Waals surface area contributed by atoms with E-state index in [0.717, 1.165) is 17.7 Å². The van der Waals surface area contributed by atoms with E-state index < -0.39 is 0 Å². The smallest absolute Gasteiger partial charge is 0.172 e. The summed E-state index contributed by atoms with van der Waals surface area (Å²) in [7, 11) is 0. The SMILES string of the molecule is CCCCCC(=O)c1cc2sccc2s1. The maximum absolute atomic E-state index is 11.8. The molecule has 3 heteroatoms. The van der Waals surface area contributed by atoms with Gasteiger partial charge in [0.05, 0.1) is 4.88 Å². The number of thiophene rings is 2. The van der Waals surface area contributed by atoms with E-state index in [2.05, 4.69) is 18.4 Å². The van der Waals surface area contributed by atoms with Gasteiger partial charge in [0.2, 0.25) is 0 Å². The van der Waals surface area contributed by atoms with E-state index in [1.807, 2.05) is 6.07 Å². The summed E-state index contributed by atoms with van der Waals surface area (Å²) in [5.74, 6) is 0.317. The molecule has 0 radical (unpaired) electrons. The molecule has 0 unspecified atom stereocenters. The molecule has 0 bridgehead atoms. The highest BCUT2D eigenvalue weighted by atomic mass is 32.1. The average molecular weight is 238 g/mol. The van der Waals surface area contributed by atoms with Gasteiger partial charge >= 0.3 is 0 Å². The molecule has 0 saturated heterocycles. The van der Waals surface area contributed by atoms with E-state index in [4.69, 9.17) is 0 Å². The highest BCUT2D eigenvalue weighted by Crippen LogP contribution is 2.30. The lowest BCUT2D eigenvalue weighted by Gasteiger charge is -1.95. The van der Waals surface area contributed by atoms with E-state index in [-0.39, 0.29) is 0 Å². The molecule has 0 atom stereocenters. The van der Waals surface area contributed by atoms with Crippen LogP contribution >= 0.6 is 22.7 Å². The quantitative estimate of drug-likeness (QED) is 0.544. The Kier molecular flexibility index (Phi) is 3.54. The molecule has 0 fully saturated rings. The molecule has 0 aliphatic rings. The van der Waals surface area contributed by atoms with Crippen LogP contribution < -0.4 is 0 Å². The van der Waals surface area contributed by atoms with Crippen LogP contribution in [0.5, 0.6) is 0 Å². The van der Waals surface area contributed by atoms with Crippen LogP contribution in [-0.2, 0) is 0 Å². The Bertz CT molecular complexity index is 424. The van der Waals surface area contributed by atoms with E-state index in [0.29, 0.717) is 12.2 Å². The molecule has 0 saturated carbocycles. The number of fused-ring (bicyclic) bond motifs is 1. The number of hydrogen-bond donors (Lipinski definition) is 0. The number of carbonyl (C=O) groups is 1. The van der Waals surface area contributed by atoms with Crippen molar-refractivity contribution >= 4 is 37.9 Å². The minimum absolute atomic E-state index is 0.317. The average Bonchev–Trinajstić information content (AvgIpc) is 2.76. The summed E-state index contributed by atoms with van der Waals surface area (Å²) >= 11 is 3.34. The van der Waals surface area contributed by atoms with Crippen molar-refractivity contribution < 1.29 is 4.79 Å². The zero-order valence-corrected chi connectivity index (χ0v) is 10.4. The van der Waals surface area contributed by atoms with Gasteiger partial charge in [0.15, 0.2) is 5.78 Å². The van der Waals surface area contributed by atoms with E-state index in [1.165, 1.54) is 15.8 Å². The zero-order valence-electron chi connectivity index (χ0n) is 8.79. The predicted octanol–water partition coefficient (Wildman–Crippen LogP) is 4.73. The molecular formula is C12H14OS2. The van der Waals surface area contributed by atoms with Gasteiger partial charge < -0.3 is 0 Å². The normalized spacial score (nSPS) is 11.0. The maximum atomic E-state index is 11.8. The number of ketones is 1. The van der Waals surface area contributed by atoms with Crippen molar-refractivity contribution in [3.8, 4) is 0 Å². The molecule has 0 spiro atoms. The van der Waals surface area contributed by atoms with Crippen molar-refractivity contribution in [2.24, 2.45) is 0 Å². The molecule has 2 aromatic heterocycles. The monoisotopic (exact) mass is 238 g/mol. The van der Waals surface area contributed by atoms with E-state index >= 15 is 0 Å². The molecule has 15 heavy (non-hydrogen) atoms. The highest BCUT2D eigenvalue weighted by molar-refractivity contribution is 7.27. The number of Topliss-reactive ketones (excluding diaryl/α,β-unsaturated/α-hetero) is 1. The van der Waals surface area contributed by atoms with Gasteiger partial charge in [-0.25, -0.2) is 0 Å². The van der Waals surface area contributed by atoms with Crippen molar-refractivity contribution in [2.45, 2.75) is 32.6 Å². The summed E-state index contributed by atoms with van der Waals surface area (Å²) in [6, 6.07) is 4.13. The van der Waals surface area contributed by atoms with Gasteiger partial charge in [-0.05, 0) is 23.9 Å². The van der Waals surface area contributed by atoms with Crippen molar-refractivity contribution in [1.82, 2.24) is 0 Å². The third kappa shape index (κ3) is 2.47. The summed E-state index contributed by atoms with van der Waals surface area (Å²) in [6.45, 7) is 2.16. The van der Waals surface area contributed by atoms with Crippen LogP contribution in [0.1, 0.15) is 42.3 Å². The van der Waals surface area contributed by atoms with Crippen molar-refractivity contribution in [3.63, 3.8) is 0 Å². The van der Waals surface area contributed by atoms with Gasteiger partial charge in [-0.15, -0.1) is 22.7 Å². The Morgan fingerprint density at radius 2 is 2.20 bits per heavy atom. The minimum Gasteiger partial charge on any atom is -0.293 e. The molecule has 0 amide bonds. The molecule has 0 aromatic carbocycles. The first-order valence-corrected chi connectivity index (χ1v) is 7.01. The van der Waals surface area contributed by atoms with Crippen LogP contribution in [0.2, 0.25) is 0 Å². The standard InChI is InChI=1S/C12H14OS2/c1-2-3-4-5-9(13)11-8-12-10(15-11)6-7-14-12/h6-8H,2-5H2,1H3. The summed E-state index contributed by atoms with van der Waals surface area (Å²) in [4.78, 5) is 12.7. The Labute approximate surface area is 97.7 Å². The van der Waals surface area contributed by atoms with Gasteiger partial charge in [0.25, 0.3) is 0 Å². The highest BCUT2D eigenvalue weighted by Gasteiger charge is 2.10. The Hall–Kier alpha value is -0.670. The lowest BCUT2D eigenvalue weighted by Crippen LogP contribution is -1.94. The molecule has 1 nitrogen and oxygen atoms in total. The van der Waals surface area contributed by atoms with E-state index in [9.17, 15) is 4.79 Å². The second-order valence-electron chi connectivity index (χ2n) is 3.64. The number of rotatable bonds is 5.